The van der Waals surface area contributed by atoms with Gasteiger partial charge in [-0.25, -0.2) is 0 Å². The van der Waals surface area contributed by atoms with Crippen LogP contribution in [0.2, 0.25) is 0 Å². The predicted octanol–water partition coefficient (Wildman–Crippen LogP) is 2.10. The molecule has 6 heteroatoms. The van der Waals surface area contributed by atoms with E-state index in [-0.39, 0.29) is 0 Å². The molecule has 2 aromatic heterocycles. The lowest BCUT2D eigenvalue weighted by Gasteiger charge is -2.06. The molecule has 0 radical (unpaired) electrons. The van der Waals surface area contributed by atoms with Gasteiger partial charge in [-0.05, 0) is 30.0 Å². The molecule has 18 heavy (non-hydrogen) atoms. The molecular formula is C12H11N5S. The van der Waals surface area contributed by atoms with Crippen LogP contribution < -0.4 is 5.73 Å². The van der Waals surface area contributed by atoms with Gasteiger partial charge in [0.2, 0.25) is 0 Å². The maximum atomic E-state index is 5.92. The third kappa shape index (κ3) is 1.80. The van der Waals surface area contributed by atoms with Gasteiger partial charge in [-0.2, -0.15) is 0 Å². The van der Waals surface area contributed by atoms with Crippen molar-refractivity contribution in [2.45, 2.75) is 10.1 Å². The van der Waals surface area contributed by atoms with Crippen molar-refractivity contribution in [3.63, 3.8) is 0 Å². The van der Waals surface area contributed by atoms with E-state index in [9.17, 15) is 0 Å². The van der Waals surface area contributed by atoms with Crippen LogP contribution in [0.3, 0.4) is 0 Å². The Morgan fingerprint density at radius 2 is 2.17 bits per heavy atom. The number of benzene rings is 1. The van der Waals surface area contributed by atoms with Crippen LogP contribution in [0.4, 0.5) is 5.69 Å². The lowest BCUT2D eigenvalue weighted by atomic mass is 10.2. The number of nitrogens with zero attached hydrogens (tertiary/aromatic N) is 4. The topological polar surface area (TPSA) is 69.6 Å². The molecular weight excluding hydrogens is 246 g/mol. The molecule has 90 valence electrons. The highest BCUT2D eigenvalue weighted by atomic mass is 32.2. The summed E-state index contributed by atoms with van der Waals surface area (Å²) in [6.07, 6.45) is 3.43. The van der Waals surface area contributed by atoms with Crippen LogP contribution in [-0.4, -0.2) is 19.7 Å². The molecule has 0 aliphatic rings. The summed E-state index contributed by atoms with van der Waals surface area (Å²) < 4.78 is 1.88. The van der Waals surface area contributed by atoms with Crippen LogP contribution in [0.1, 0.15) is 0 Å². The van der Waals surface area contributed by atoms with Gasteiger partial charge in [0.1, 0.15) is 6.33 Å². The monoisotopic (exact) mass is 257 g/mol. The van der Waals surface area contributed by atoms with Gasteiger partial charge >= 0.3 is 0 Å². The van der Waals surface area contributed by atoms with E-state index < -0.39 is 0 Å². The van der Waals surface area contributed by atoms with Gasteiger partial charge in [0.25, 0.3) is 0 Å². The van der Waals surface area contributed by atoms with Crippen LogP contribution in [0.25, 0.3) is 10.9 Å². The number of nitrogen functional groups attached to an aromatic ring is 1. The van der Waals surface area contributed by atoms with Crippen LogP contribution >= 0.6 is 11.8 Å². The zero-order valence-corrected chi connectivity index (χ0v) is 10.6. The molecule has 0 bridgehead atoms. The maximum Gasteiger partial charge on any atom is 0.195 e. The van der Waals surface area contributed by atoms with E-state index in [4.69, 9.17) is 5.73 Å². The number of fused-ring (bicyclic) bond motifs is 1. The fraction of sp³-hybridized carbons (Fsp3) is 0.0833. The minimum atomic E-state index is 0.688. The van der Waals surface area contributed by atoms with Crippen molar-refractivity contribution in [1.29, 1.82) is 0 Å². The quantitative estimate of drug-likeness (QED) is 0.712. The summed E-state index contributed by atoms with van der Waals surface area (Å²) in [4.78, 5) is 5.38. The lowest BCUT2D eigenvalue weighted by Crippen LogP contribution is -1.92. The number of aromatic nitrogens is 4. The summed E-state index contributed by atoms with van der Waals surface area (Å²) in [5, 5.41) is 9.80. The molecule has 3 rings (SSSR count). The van der Waals surface area contributed by atoms with Crippen molar-refractivity contribution < 1.29 is 0 Å². The Hall–Kier alpha value is -2.08. The molecule has 1 aromatic carbocycles. The molecule has 0 aliphatic heterocycles. The number of pyridine rings is 1. The fourth-order valence-corrected chi connectivity index (χ4v) is 2.61. The third-order valence-corrected chi connectivity index (χ3v) is 3.76. The summed E-state index contributed by atoms with van der Waals surface area (Å²) in [6, 6.07) is 7.77. The number of rotatable bonds is 2. The zero-order chi connectivity index (χ0) is 12.5. The first-order valence-electron chi connectivity index (χ1n) is 5.41. The van der Waals surface area contributed by atoms with Crippen molar-refractivity contribution in [3.05, 3.63) is 36.8 Å². The largest absolute Gasteiger partial charge is 0.397 e. The molecule has 5 nitrogen and oxygen atoms in total. The molecule has 0 atom stereocenters. The van der Waals surface area contributed by atoms with E-state index in [1.165, 1.54) is 0 Å². The Morgan fingerprint density at radius 3 is 2.94 bits per heavy atom. The average Bonchev–Trinajstić information content (AvgIpc) is 2.79. The van der Waals surface area contributed by atoms with E-state index in [1.54, 1.807) is 24.3 Å². The number of anilines is 1. The third-order valence-electron chi connectivity index (χ3n) is 2.63. The molecule has 3 aromatic rings. The number of hydrogen-bond acceptors (Lipinski definition) is 5. The molecule has 0 amide bonds. The molecule has 0 saturated heterocycles. The number of nitrogens with two attached hydrogens (primary N) is 1. The van der Waals surface area contributed by atoms with E-state index in [2.05, 4.69) is 15.2 Å². The van der Waals surface area contributed by atoms with Gasteiger partial charge in [-0.15, -0.1) is 10.2 Å². The standard InChI is InChI=1S/C12H11N5S/c1-17-7-15-16-12(17)18-10-5-4-9(13)11-8(10)3-2-6-14-11/h2-7H,13H2,1H3. The second-order valence-corrected chi connectivity index (χ2v) is 4.89. The summed E-state index contributed by atoms with van der Waals surface area (Å²) in [5.74, 6) is 0. The van der Waals surface area contributed by atoms with Crippen LogP contribution in [0, 0.1) is 0 Å². The summed E-state index contributed by atoms with van der Waals surface area (Å²) in [6.45, 7) is 0. The number of aryl methyl sites for hydroxylation is 1. The fourth-order valence-electron chi connectivity index (χ4n) is 1.72. The molecule has 0 aliphatic carbocycles. The Kier molecular flexibility index (Phi) is 2.64. The first-order chi connectivity index (χ1) is 8.75. The molecule has 2 N–H and O–H groups in total. The minimum absolute atomic E-state index is 0.688. The van der Waals surface area contributed by atoms with Gasteiger partial charge in [-0.3, -0.25) is 4.98 Å². The van der Waals surface area contributed by atoms with Crippen molar-refractivity contribution in [3.8, 4) is 0 Å². The van der Waals surface area contributed by atoms with Crippen LogP contribution in [-0.2, 0) is 7.05 Å². The van der Waals surface area contributed by atoms with Crippen molar-refractivity contribution in [2.24, 2.45) is 7.05 Å². The second kappa shape index (κ2) is 4.30. The van der Waals surface area contributed by atoms with E-state index in [0.29, 0.717) is 5.69 Å². The van der Waals surface area contributed by atoms with Crippen molar-refractivity contribution in [2.75, 3.05) is 5.73 Å². The van der Waals surface area contributed by atoms with Crippen LogP contribution in [0.5, 0.6) is 0 Å². The van der Waals surface area contributed by atoms with Gasteiger partial charge in [0.15, 0.2) is 5.16 Å². The molecule has 0 unspecified atom stereocenters. The molecule has 0 spiro atoms. The van der Waals surface area contributed by atoms with Crippen molar-refractivity contribution >= 4 is 28.4 Å². The highest BCUT2D eigenvalue weighted by Gasteiger charge is 2.09. The average molecular weight is 257 g/mol. The van der Waals surface area contributed by atoms with E-state index in [0.717, 1.165) is 21.0 Å². The Balaban J connectivity index is 2.13. The Bertz CT molecular complexity index is 707. The summed E-state index contributed by atoms with van der Waals surface area (Å²) in [5.41, 5.74) is 7.44. The molecule has 0 saturated carbocycles. The summed E-state index contributed by atoms with van der Waals surface area (Å²) >= 11 is 1.55. The predicted molar refractivity (Wildman–Crippen MR) is 71.3 cm³/mol. The normalized spacial score (nSPS) is 10.9. The molecule has 0 fully saturated rings. The first kappa shape index (κ1) is 11.0. The van der Waals surface area contributed by atoms with Crippen LogP contribution in [0.15, 0.2) is 46.8 Å². The smallest absolute Gasteiger partial charge is 0.195 e. The summed E-state index contributed by atoms with van der Waals surface area (Å²) in [7, 11) is 1.92. The lowest BCUT2D eigenvalue weighted by molar-refractivity contribution is 0.789. The SMILES string of the molecule is Cn1cnnc1Sc1ccc(N)c2ncccc12. The highest BCUT2D eigenvalue weighted by Crippen LogP contribution is 2.33. The van der Waals surface area contributed by atoms with Gasteiger partial charge in [-0.1, -0.05) is 6.07 Å². The van der Waals surface area contributed by atoms with Gasteiger partial charge in [0, 0.05) is 23.5 Å². The first-order valence-corrected chi connectivity index (χ1v) is 6.22. The minimum Gasteiger partial charge on any atom is -0.397 e. The highest BCUT2D eigenvalue weighted by molar-refractivity contribution is 7.99. The number of hydrogen-bond donors (Lipinski definition) is 1. The van der Waals surface area contributed by atoms with Gasteiger partial charge in [0.05, 0.1) is 11.2 Å². The van der Waals surface area contributed by atoms with E-state index >= 15 is 0 Å². The maximum absolute atomic E-state index is 5.92. The van der Waals surface area contributed by atoms with Gasteiger partial charge < -0.3 is 10.3 Å². The van der Waals surface area contributed by atoms with E-state index in [1.807, 2.05) is 35.9 Å². The molecule has 2 heterocycles. The van der Waals surface area contributed by atoms with Crippen molar-refractivity contribution in [1.82, 2.24) is 19.7 Å². The second-order valence-electron chi connectivity index (χ2n) is 3.88. The Labute approximate surface area is 108 Å². The Morgan fingerprint density at radius 1 is 1.28 bits per heavy atom. The zero-order valence-electron chi connectivity index (χ0n) is 9.74.